The van der Waals surface area contributed by atoms with Gasteiger partial charge in [0.1, 0.15) is 0 Å². The number of sulfone groups is 1. The molecule has 0 aromatic heterocycles. The molecule has 1 aromatic carbocycles. The van der Waals surface area contributed by atoms with Crippen molar-refractivity contribution in [2.24, 2.45) is 5.92 Å². The van der Waals surface area contributed by atoms with Gasteiger partial charge >= 0.3 is 0 Å². The topological polar surface area (TPSA) is 51.2 Å². The lowest BCUT2D eigenvalue weighted by atomic mass is 9.90. The van der Waals surface area contributed by atoms with Gasteiger partial charge in [-0.15, -0.1) is 0 Å². The Hall–Kier alpha value is -1.42. The summed E-state index contributed by atoms with van der Waals surface area (Å²) in [7, 11) is -2.96. The van der Waals surface area contributed by atoms with E-state index in [1.54, 1.807) is 0 Å². The predicted octanol–water partition coefficient (Wildman–Crippen LogP) is 3.26. The lowest BCUT2D eigenvalue weighted by molar-refractivity contribution is 0.0905. The summed E-state index contributed by atoms with van der Waals surface area (Å²) >= 11 is 0. The van der Waals surface area contributed by atoms with Crippen LogP contribution in [0.3, 0.4) is 0 Å². The molecule has 112 valence electrons. The SMILES string of the molecule is C=C(C)c1ccc(C(=O)C2CC3CCC(C2)S3(=O)=O)cc1. The summed E-state index contributed by atoms with van der Waals surface area (Å²) < 4.78 is 24.2. The second kappa shape index (κ2) is 5.09. The minimum absolute atomic E-state index is 0.0927. The van der Waals surface area contributed by atoms with Gasteiger partial charge in [-0.05, 0) is 38.2 Å². The van der Waals surface area contributed by atoms with Gasteiger partial charge in [0, 0.05) is 11.5 Å². The number of carbonyl (C=O) groups excluding carboxylic acids is 1. The number of hydrogen-bond acceptors (Lipinski definition) is 3. The van der Waals surface area contributed by atoms with E-state index in [9.17, 15) is 13.2 Å². The van der Waals surface area contributed by atoms with Gasteiger partial charge in [0.05, 0.1) is 10.5 Å². The lowest BCUT2D eigenvalue weighted by Gasteiger charge is -2.27. The first-order valence-electron chi connectivity index (χ1n) is 7.42. The fourth-order valence-corrected chi connectivity index (χ4v) is 6.05. The van der Waals surface area contributed by atoms with Crippen molar-refractivity contribution in [1.82, 2.24) is 0 Å². The Morgan fingerprint density at radius 3 is 2.00 bits per heavy atom. The molecule has 0 aliphatic carbocycles. The van der Waals surface area contributed by atoms with Crippen LogP contribution in [0.15, 0.2) is 30.8 Å². The van der Waals surface area contributed by atoms with Gasteiger partial charge in [0.15, 0.2) is 15.6 Å². The molecule has 2 fully saturated rings. The van der Waals surface area contributed by atoms with Crippen LogP contribution in [0.25, 0.3) is 5.57 Å². The second-order valence-electron chi connectivity index (χ2n) is 6.30. The highest BCUT2D eigenvalue weighted by Crippen LogP contribution is 2.42. The van der Waals surface area contributed by atoms with E-state index in [-0.39, 0.29) is 22.2 Å². The van der Waals surface area contributed by atoms with Crippen molar-refractivity contribution < 1.29 is 13.2 Å². The average molecular weight is 304 g/mol. The van der Waals surface area contributed by atoms with Crippen LogP contribution in [0.5, 0.6) is 0 Å². The number of rotatable bonds is 3. The zero-order chi connectivity index (χ0) is 15.2. The van der Waals surface area contributed by atoms with Crippen molar-refractivity contribution >= 4 is 21.2 Å². The minimum atomic E-state index is -2.96. The molecule has 0 spiro atoms. The van der Waals surface area contributed by atoms with Crippen molar-refractivity contribution in [1.29, 1.82) is 0 Å². The number of ketones is 1. The zero-order valence-electron chi connectivity index (χ0n) is 12.2. The second-order valence-corrected chi connectivity index (χ2v) is 8.81. The Kier molecular flexibility index (Phi) is 3.52. The van der Waals surface area contributed by atoms with Gasteiger partial charge < -0.3 is 0 Å². The molecule has 2 saturated heterocycles. The number of Topliss-reactive ketones (excluding diaryl/α,β-unsaturated/α-hetero) is 1. The average Bonchev–Trinajstić information content (AvgIpc) is 2.66. The van der Waals surface area contributed by atoms with Crippen molar-refractivity contribution in [3.8, 4) is 0 Å². The maximum atomic E-state index is 12.6. The number of hydrogen-bond donors (Lipinski definition) is 0. The molecule has 1 aromatic rings. The Labute approximate surface area is 126 Å². The maximum absolute atomic E-state index is 12.6. The van der Waals surface area contributed by atoms with Crippen LogP contribution in [0.1, 0.15) is 48.5 Å². The van der Waals surface area contributed by atoms with Gasteiger partial charge in [-0.2, -0.15) is 0 Å². The van der Waals surface area contributed by atoms with Gasteiger partial charge in [-0.3, -0.25) is 4.79 Å². The Balaban J connectivity index is 1.79. The van der Waals surface area contributed by atoms with Crippen molar-refractivity contribution in [3.63, 3.8) is 0 Å². The monoisotopic (exact) mass is 304 g/mol. The molecule has 0 radical (unpaired) electrons. The first-order valence-corrected chi connectivity index (χ1v) is 9.03. The van der Waals surface area contributed by atoms with Gasteiger partial charge in [-0.25, -0.2) is 8.42 Å². The molecule has 2 atom stereocenters. The summed E-state index contributed by atoms with van der Waals surface area (Å²) in [4.78, 5) is 12.6. The van der Waals surface area contributed by atoms with Gasteiger partial charge in [0.2, 0.25) is 0 Å². The zero-order valence-corrected chi connectivity index (χ0v) is 13.0. The lowest BCUT2D eigenvalue weighted by Crippen LogP contribution is -2.36. The molecule has 2 heterocycles. The van der Waals surface area contributed by atoms with Crippen LogP contribution in [0.2, 0.25) is 0 Å². The molecular weight excluding hydrogens is 284 g/mol. The quantitative estimate of drug-likeness (QED) is 0.805. The number of carbonyl (C=O) groups is 1. The molecule has 0 saturated carbocycles. The third-order valence-electron chi connectivity index (χ3n) is 4.87. The predicted molar refractivity (Wildman–Crippen MR) is 83.9 cm³/mol. The molecule has 2 aliphatic heterocycles. The summed E-state index contributed by atoms with van der Waals surface area (Å²) in [6.45, 7) is 5.81. The van der Waals surface area contributed by atoms with Crippen molar-refractivity contribution in [2.45, 2.75) is 43.1 Å². The molecule has 4 heteroatoms. The van der Waals surface area contributed by atoms with Crippen molar-refractivity contribution in [2.75, 3.05) is 0 Å². The maximum Gasteiger partial charge on any atom is 0.166 e. The van der Waals surface area contributed by atoms with E-state index in [0.717, 1.165) is 24.0 Å². The molecule has 2 bridgehead atoms. The summed E-state index contributed by atoms with van der Waals surface area (Å²) in [5, 5.41) is -0.584. The first kappa shape index (κ1) is 14.5. The Bertz CT molecular complexity index is 665. The normalized spacial score (nSPS) is 30.0. The number of benzene rings is 1. The largest absolute Gasteiger partial charge is 0.294 e. The summed E-state index contributed by atoms with van der Waals surface area (Å²) in [5.74, 6) is -0.0447. The van der Waals surface area contributed by atoms with Crippen LogP contribution in [0, 0.1) is 5.92 Å². The Morgan fingerprint density at radius 1 is 1.05 bits per heavy atom. The summed E-state index contributed by atoms with van der Waals surface area (Å²) in [6, 6.07) is 7.47. The van der Waals surface area contributed by atoms with E-state index >= 15 is 0 Å². The molecule has 0 N–H and O–H groups in total. The fraction of sp³-hybridized carbons (Fsp3) is 0.471. The van der Waals surface area contributed by atoms with Crippen LogP contribution >= 0.6 is 0 Å². The van der Waals surface area contributed by atoms with Crippen LogP contribution in [-0.2, 0) is 9.84 Å². The van der Waals surface area contributed by atoms with Gasteiger partial charge in [0.25, 0.3) is 0 Å². The minimum Gasteiger partial charge on any atom is -0.294 e. The standard InChI is InChI=1S/C17H20O3S/c1-11(2)12-3-5-13(6-4-12)17(18)14-9-15-7-8-16(10-14)21(15,19)20/h3-6,14-16H,1,7-10H2,2H3. The summed E-state index contributed by atoms with van der Waals surface area (Å²) in [5.41, 5.74) is 2.68. The highest BCUT2D eigenvalue weighted by atomic mass is 32.2. The number of allylic oxidation sites excluding steroid dienone is 1. The van der Waals surface area contributed by atoms with E-state index < -0.39 is 9.84 Å². The summed E-state index contributed by atoms with van der Waals surface area (Å²) in [6.07, 6.45) is 2.45. The molecule has 3 nitrogen and oxygen atoms in total. The third-order valence-corrected chi connectivity index (χ3v) is 7.58. The Morgan fingerprint density at radius 2 is 1.52 bits per heavy atom. The van der Waals surface area contributed by atoms with Crippen LogP contribution < -0.4 is 0 Å². The van der Waals surface area contributed by atoms with Crippen molar-refractivity contribution in [3.05, 3.63) is 42.0 Å². The van der Waals surface area contributed by atoms with E-state index in [1.165, 1.54) is 0 Å². The fourth-order valence-electron chi connectivity index (χ4n) is 3.58. The molecule has 3 rings (SSSR count). The van der Waals surface area contributed by atoms with E-state index in [4.69, 9.17) is 0 Å². The number of fused-ring (bicyclic) bond motifs is 2. The van der Waals surface area contributed by atoms with Gasteiger partial charge in [-0.1, -0.05) is 36.4 Å². The molecule has 2 aliphatic rings. The van der Waals surface area contributed by atoms with E-state index in [1.807, 2.05) is 31.2 Å². The van der Waals surface area contributed by atoms with E-state index in [2.05, 4.69) is 6.58 Å². The molecule has 2 unspecified atom stereocenters. The molecule has 21 heavy (non-hydrogen) atoms. The van der Waals surface area contributed by atoms with E-state index in [0.29, 0.717) is 18.4 Å². The van der Waals surface area contributed by atoms with Crippen LogP contribution in [-0.4, -0.2) is 24.7 Å². The smallest absolute Gasteiger partial charge is 0.166 e. The molecule has 0 amide bonds. The third kappa shape index (κ3) is 2.46. The first-order chi connectivity index (χ1) is 9.89. The highest BCUT2D eigenvalue weighted by molar-refractivity contribution is 7.93. The molecular formula is C17H20O3S. The van der Waals surface area contributed by atoms with Crippen LogP contribution in [0.4, 0.5) is 0 Å². The highest BCUT2D eigenvalue weighted by Gasteiger charge is 2.48.